The molecule has 0 spiro atoms. The van der Waals surface area contributed by atoms with E-state index in [1.807, 2.05) is 0 Å². The summed E-state index contributed by atoms with van der Waals surface area (Å²) in [6, 6.07) is 4.92. The lowest BCUT2D eigenvalue weighted by Gasteiger charge is -2.09. The van der Waals surface area contributed by atoms with Crippen molar-refractivity contribution < 1.29 is 26.7 Å². The van der Waals surface area contributed by atoms with Gasteiger partial charge in [-0.05, 0) is 12.1 Å². The smallest absolute Gasteiger partial charge is 0.417 e. The highest BCUT2D eigenvalue weighted by atomic mass is 32.2. The molecule has 2 heterocycles. The first-order chi connectivity index (χ1) is 10.3. The number of pyridine rings is 1. The Hall–Kier alpha value is -1.84. The molecular weight excluding hydrogens is 329 g/mol. The number of hydrogen-bond acceptors (Lipinski definition) is 4. The molecule has 0 radical (unpaired) electrons. The van der Waals surface area contributed by atoms with Crippen LogP contribution in [0.1, 0.15) is 11.3 Å². The zero-order valence-corrected chi connectivity index (χ0v) is 12.0. The molecule has 0 bridgehead atoms. The molecule has 120 valence electrons. The monoisotopic (exact) mass is 339 g/mol. The van der Waals surface area contributed by atoms with E-state index >= 15 is 0 Å². The Balaban J connectivity index is 2.33. The minimum absolute atomic E-state index is 0.248. The summed E-state index contributed by atoms with van der Waals surface area (Å²) in [5.41, 5.74) is -1.68. The lowest BCUT2D eigenvalue weighted by Crippen LogP contribution is -2.09. The number of nitrogens with zero attached hydrogens (tertiary/aromatic N) is 3. The van der Waals surface area contributed by atoms with E-state index in [1.54, 1.807) is 18.2 Å². The van der Waals surface area contributed by atoms with Crippen LogP contribution in [-0.2, 0) is 19.0 Å². The number of alkyl halides is 5. The summed E-state index contributed by atoms with van der Waals surface area (Å²) in [6.07, 6.45) is -3.28. The maximum absolute atomic E-state index is 13.0. The Bertz CT molecular complexity index is 630. The van der Waals surface area contributed by atoms with Crippen molar-refractivity contribution in [2.75, 3.05) is 0 Å². The number of aryl methyl sites for hydroxylation is 1. The van der Waals surface area contributed by atoms with Crippen LogP contribution in [0.4, 0.5) is 22.0 Å². The Morgan fingerprint density at radius 3 is 2.59 bits per heavy atom. The molecule has 0 fully saturated rings. The molecular formula is C12H10F5N3OS. The van der Waals surface area contributed by atoms with Crippen molar-refractivity contribution in [3.63, 3.8) is 0 Å². The van der Waals surface area contributed by atoms with Crippen LogP contribution in [-0.4, -0.2) is 21.4 Å². The van der Waals surface area contributed by atoms with Gasteiger partial charge in [0, 0.05) is 19.0 Å². The highest BCUT2D eigenvalue weighted by Gasteiger charge is 2.39. The fourth-order valence-electron chi connectivity index (χ4n) is 1.72. The first-order valence-electron chi connectivity index (χ1n) is 5.90. The van der Waals surface area contributed by atoms with Gasteiger partial charge in [-0.1, -0.05) is 6.07 Å². The van der Waals surface area contributed by atoms with Crippen LogP contribution in [0.5, 0.6) is 5.88 Å². The lowest BCUT2D eigenvalue weighted by atomic mass is 10.2. The molecule has 0 aliphatic rings. The molecule has 0 saturated heterocycles. The van der Waals surface area contributed by atoms with Gasteiger partial charge in [-0.3, -0.25) is 0 Å². The summed E-state index contributed by atoms with van der Waals surface area (Å²) < 4.78 is 68.5. The van der Waals surface area contributed by atoms with Crippen LogP contribution in [0, 0.1) is 0 Å². The maximum Gasteiger partial charge on any atom is 0.435 e. The number of halogens is 5. The molecule has 0 amide bonds. The van der Waals surface area contributed by atoms with Crippen molar-refractivity contribution in [3.8, 4) is 5.88 Å². The highest BCUT2D eigenvalue weighted by Crippen LogP contribution is 2.38. The number of rotatable bonds is 5. The predicted molar refractivity (Wildman–Crippen MR) is 68.6 cm³/mol. The number of aromatic nitrogens is 3. The van der Waals surface area contributed by atoms with E-state index in [0.717, 1.165) is 18.8 Å². The molecule has 22 heavy (non-hydrogen) atoms. The molecule has 0 atom stereocenters. The van der Waals surface area contributed by atoms with Gasteiger partial charge in [-0.2, -0.15) is 27.1 Å². The second-order valence-corrected chi connectivity index (χ2v) is 5.08. The third-order valence-corrected chi connectivity index (χ3v) is 3.53. The molecule has 0 N–H and O–H groups in total. The normalized spacial score (nSPS) is 12.0. The van der Waals surface area contributed by atoms with E-state index in [-0.39, 0.29) is 5.75 Å². The van der Waals surface area contributed by atoms with Crippen molar-refractivity contribution in [1.82, 2.24) is 14.8 Å². The Morgan fingerprint density at radius 1 is 1.32 bits per heavy atom. The van der Waals surface area contributed by atoms with E-state index in [4.69, 9.17) is 0 Å². The molecule has 0 aliphatic carbocycles. The Labute approximate surface area is 126 Å². The van der Waals surface area contributed by atoms with E-state index in [2.05, 4.69) is 14.8 Å². The van der Waals surface area contributed by atoms with Crippen LogP contribution in [0.3, 0.4) is 0 Å². The van der Waals surface area contributed by atoms with Gasteiger partial charge in [0.25, 0.3) is 0 Å². The quantitative estimate of drug-likeness (QED) is 0.615. The largest absolute Gasteiger partial charge is 0.435 e. The van der Waals surface area contributed by atoms with Crippen molar-refractivity contribution in [1.29, 1.82) is 0 Å². The standard InChI is InChI=1S/C12H10F5N3OS/c1-20-10(21-11(13)14)7(9(19-20)12(15,16)17)6-22-8-4-2-3-5-18-8/h2-5,11H,6H2,1H3. The molecule has 2 aromatic rings. The fourth-order valence-corrected chi connectivity index (χ4v) is 2.58. The minimum Gasteiger partial charge on any atom is -0.417 e. The average molecular weight is 339 g/mol. The highest BCUT2D eigenvalue weighted by molar-refractivity contribution is 7.98. The second kappa shape index (κ2) is 6.51. The van der Waals surface area contributed by atoms with Crippen molar-refractivity contribution in [3.05, 3.63) is 35.7 Å². The summed E-state index contributed by atoms with van der Waals surface area (Å²) in [5, 5.41) is 3.71. The topological polar surface area (TPSA) is 39.9 Å². The summed E-state index contributed by atoms with van der Waals surface area (Å²) >= 11 is 0.969. The zero-order chi connectivity index (χ0) is 16.3. The number of ether oxygens (including phenoxy) is 1. The van der Waals surface area contributed by atoms with Gasteiger partial charge in [0.2, 0.25) is 5.88 Å². The third-order valence-electron chi connectivity index (χ3n) is 2.56. The van der Waals surface area contributed by atoms with E-state index in [0.29, 0.717) is 9.71 Å². The van der Waals surface area contributed by atoms with Gasteiger partial charge in [-0.25, -0.2) is 9.67 Å². The SMILES string of the molecule is Cn1nc(C(F)(F)F)c(CSc2ccccn2)c1OC(F)F. The van der Waals surface area contributed by atoms with Crippen molar-refractivity contribution >= 4 is 11.8 Å². The van der Waals surface area contributed by atoms with Gasteiger partial charge in [0.1, 0.15) is 0 Å². The van der Waals surface area contributed by atoms with E-state index in [1.165, 1.54) is 6.20 Å². The van der Waals surface area contributed by atoms with Gasteiger partial charge >= 0.3 is 12.8 Å². The van der Waals surface area contributed by atoms with Crippen molar-refractivity contribution in [2.45, 2.75) is 23.6 Å². The molecule has 0 aromatic carbocycles. The molecule has 10 heteroatoms. The van der Waals surface area contributed by atoms with E-state index in [9.17, 15) is 22.0 Å². The van der Waals surface area contributed by atoms with Crippen LogP contribution >= 0.6 is 11.8 Å². The minimum atomic E-state index is -4.76. The second-order valence-electron chi connectivity index (χ2n) is 4.09. The van der Waals surface area contributed by atoms with E-state index < -0.39 is 29.9 Å². The van der Waals surface area contributed by atoms with Crippen LogP contribution in [0.25, 0.3) is 0 Å². The first kappa shape index (κ1) is 16.5. The van der Waals surface area contributed by atoms with Gasteiger partial charge in [-0.15, -0.1) is 11.8 Å². The summed E-state index contributed by atoms with van der Waals surface area (Å²) in [4.78, 5) is 3.95. The molecule has 0 unspecified atom stereocenters. The predicted octanol–water partition coefficient (Wildman–Crippen LogP) is 3.73. The van der Waals surface area contributed by atoms with Gasteiger partial charge < -0.3 is 4.74 Å². The fraction of sp³-hybridized carbons (Fsp3) is 0.333. The Kier molecular flexibility index (Phi) is 4.89. The number of thioether (sulfide) groups is 1. The third kappa shape index (κ3) is 3.87. The molecule has 2 aromatic heterocycles. The Morgan fingerprint density at radius 2 is 2.05 bits per heavy atom. The lowest BCUT2D eigenvalue weighted by molar-refractivity contribution is -0.142. The summed E-state index contributed by atoms with van der Waals surface area (Å²) in [6.45, 7) is -3.24. The molecule has 0 aliphatic heterocycles. The maximum atomic E-state index is 13.0. The molecule has 4 nitrogen and oxygen atoms in total. The summed E-state index contributed by atoms with van der Waals surface area (Å²) in [5.74, 6) is -0.854. The summed E-state index contributed by atoms with van der Waals surface area (Å²) in [7, 11) is 1.11. The molecule has 2 rings (SSSR count). The van der Waals surface area contributed by atoms with Crippen molar-refractivity contribution in [2.24, 2.45) is 7.05 Å². The first-order valence-corrected chi connectivity index (χ1v) is 6.89. The number of hydrogen-bond donors (Lipinski definition) is 0. The van der Waals surface area contributed by atoms with Gasteiger partial charge in [0.15, 0.2) is 5.69 Å². The molecule has 0 saturated carbocycles. The zero-order valence-electron chi connectivity index (χ0n) is 11.1. The van der Waals surface area contributed by atoms with Gasteiger partial charge in [0.05, 0.1) is 10.6 Å². The van der Waals surface area contributed by atoms with Crippen LogP contribution in [0.15, 0.2) is 29.4 Å². The van der Waals surface area contributed by atoms with Crippen LogP contribution in [0.2, 0.25) is 0 Å². The van der Waals surface area contributed by atoms with Crippen LogP contribution < -0.4 is 4.74 Å². The average Bonchev–Trinajstić information content (AvgIpc) is 2.74.